The number of carbonyl (C=O) groups excluding carboxylic acids is 1. The normalized spacial score (nSPS) is 12.3. The van der Waals surface area contributed by atoms with E-state index in [4.69, 9.17) is 13.6 Å². The zero-order valence-electron chi connectivity index (χ0n) is 14.3. The van der Waals surface area contributed by atoms with Crippen molar-refractivity contribution in [2.75, 3.05) is 6.61 Å². The first-order valence-electron chi connectivity index (χ1n) is 8.02. The van der Waals surface area contributed by atoms with Crippen LogP contribution >= 0.6 is 0 Å². The van der Waals surface area contributed by atoms with Gasteiger partial charge in [-0.3, -0.25) is 4.79 Å². The summed E-state index contributed by atoms with van der Waals surface area (Å²) in [5.74, 6) is 2.54. The zero-order valence-corrected chi connectivity index (χ0v) is 14.3. The molecule has 1 amide bonds. The van der Waals surface area contributed by atoms with Gasteiger partial charge in [-0.05, 0) is 45.9 Å². The fraction of sp³-hybridized carbons (Fsp3) is 0.316. The summed E-state index contributed by atoms with van der Waals surface area (Å²) in [5, 5.41) is 3.90. The lowest BCUT2D eigenvalue weighted by Crippen LogP contribution is -2.26. The van der Waals surface area contributed by atoms with Gasteiger partial charge in [0.15, 0.2) is 11.3 Å². The second-order valence-electron chi connectivity index (χ2n) is 5.78. The molecule has 5 heteroatoms. The number of para-hydroxylation sites is 1. The summed E-state index contributed by atoms with van der Waals surface area (Å²) in [4.78, 5) is 12.4. The van der Waals surface area contributed by atoms with Crippen LogP contribution in [-0.2, 0) is 0 Å². The number of aryl methyl sites for hydroxylation is 2. The third kappa shape index (κ3) is 3.02. The number of rotatable bonds is 5. The van der Waals surface area contributed by atoms with E-state index in [1.807, 2.05) is 45.0 Å². The van der Waals surface area contributed by atoms with Crippen LogP contribution < -0.4 is 10.1 Å². The molecule has 1 unspecified atom stereocenters. The van der Waals surface area contributed by atoms with Gasteiger partial charge in [-0.2, -0.15) is 0 Å². The first-order chi connectivity index (χ1) is 11.5. The summed E-state index contributed by atoms with van der Waals surface area (Å²) >= 11 is 0. The predicted molar refractivity (Wildman–Crippen MR) is 91.4 cm³/mol. The van der Waals surface area contributed by atoms with Crippen molar-refractivity contribution in [1.82, 2.24) is 5.32 Å². The molecule has 0 aliphatic rings. The maximum atomic E-state index is 12.4. The number of hydrogen-bond acceptors (Lipinski definition) is 4. The van der Waals surface area contributed by atoms with Crippen molar-refractivity contribution in [2.24, 2.45) is 0 Å². The van der Waals surface area contributed by atoms with Crippen LogP contribution in [0.5, 0.6) is 5.75 Å². The summed E-state index contributed by atoms with van der Waals surface area (Å²) in [5.41, 5.74) is 1.25. The minimum atomic E-state index is -0.269. The Balaban J connectivity index is 1.83. The molecule has 0 aliphatic heterocycles. The summed E-state index contributed by atoms with van der Waals surface area (Å²) in [6.07, 6.45) is 0. The third-order valence-corrected chi connectivity index (χ3v) is 3.89. The summed E-state index contributed by atoms with van der Waals surface area (Å²) < 4.78 is 16.9. The highest BCUT2D eigenvalue weighted by atomic mass is 16.5. The number of carbonyl (C=O) groups is 1. The Morgan fingerprint density at radius 3 is 2.71 bits per heavy atom. The van der Waals surface area contributed by atoms with Crippen molar-refractivity contribution in [3.8, 4) is 5.75 Å². The number of nitrogens with one attached hydrogen (secondary N) is 1. The SMILES string of the molecule is CCOc1cccc2cc(C(C)NC(=O)c3cc(C)oc3C)oc12. The van der Waals surface area contributed by atoms with Gasteiger partial charge >= 0.3 is 0 Å². The molecule has 1 atom stereocenters. The van der Waals surface area contributed by atoms with Crippen molar-refractivity contribution in [1.29, 1.82) is 0 Å². The minimum Gasteiger partial charge on any atom is -0.490 e. The van der Waals surface area contributed by atoms with E-state index >= 15 is 0 Å². The first-order valence-corrected chi connectivity index (χ1v) is 8.02. The van der Waals surface area contributed by atoms with Crippen molar-refractivity contribution in [3.63, 3.8) is 0 Å². The van der Waals surface area contributed by atoms with Gasteiger partial charge in [-0.1, -0.05) is 12.1 Å². The molecule has 2 heterocycles. The number of amides is 1. The van der Waals surface area contributed by atoms with Crippen LogP contribution in [0.3, 0.4) is 0 Å². The van der Waals surface area contributed by atoms with E-state index in [0.717, 1.165) is 11.1 Å². The molecule has 5 nitrogen and oxygen atoms in total. The van der Waals surface area contributed by atoms with Crippen LogP contribution in [0.15, 0.2) is 39.2 Å². The Kier molecular flexibility index (Phi) is 4.34. The van der Waals surface area contributed by atoms with Crippen LogP contribution in [0.1, 0.15) is 47.5 Å². The molecule has 1 aromatic carbocycles. The molecular weight excluding hydrogens is 306 g/mol. The predicted octanol–water partition coefficient (Wildman–Crippen LogP) is 4.53. The summed E-state index contributed by atoms with van der Waals surface area (Å²) in [6.45, 7) is 7.99. The molecule has 0 spiro atoms. The molecular formula is C19H21NO4. The van der Waals surface area contributed by atoms with Gasteiger partial charge in [0.25, 0.3) is 5.91 Å². The lowest BCUT2D eigenvalue weighted by atomic mass is 10.2. The van der Waals surface area contributed by atoms with Gasteiger partial charge < -0.3 is 18.9 Å². The largest absolute Gasteiger partial charge is 0.490 e. The van der Waals surface area contributed by atoms with Crippen LogP contribution in [-0.4, -0.2) is 12.5 Å². The smallest absolute Gasteiger partial charge is 0.255 e. The Hall–Kier alpha value is -2.69. The van der Waals surface area contributed by atoms with E-state index in [9.17, 15) is 4.79 Å². The van der Waals surface area contributed by atoms with Crippen LogP contribution in [0.25, 0.3) is 11.0 Å². The van der Waals surface area contributed by atoms with Gasteiger partial charge in [0.05, 0.1) is 18.2 Å². The molecule has 0 fully saturated rings. The van der Waals surface area contributed by atoms with Gasteiger partial charge in [-0.15, -0.1) is 0 Å². The average molecular weight is 327 g/mol. The van der Waals surface area contributed by atoms with E-state index < -0.39 is 0 Å². The molecule has 3 aromatic rings. The van der Waals surface area contributed by atoms with Gasteiger partial charge in [0.2, 0.25) is 0 Å². The minimum absolute atomic E-state index is 0.178. The first kappa shape index (κ1) is 16.2. The molecule has 0 saturated heterocycles. The third-order valence-electron chi connectivity index (χ3n) is 3.89. The molecule has 0 saturated carbocycles. The Morgan fingerprint density at radius 2 is 2.04 bits per heavy atom. The van der Waals surface area contributed by atoms with E-state index in [1.165, 1.54) is 0 Å². The number of fused-ring (bicyclic) bond motifs is 1. The average Bonchev–Trinajstić information content (AvgIpc) is 3.11. The summed E-state index contributed by atoms with van der Waals surface area (Å²) in [7, 11) is 0. The van der Waals surface area contributed by atoms with E-state index in [1.54, 1.807) is 13.0 Å². The molecule has 0 aliphatic carbocycles. The Bertz CT molecular complexity index is 875. The number of hydrogen-bond donors (Lipinski definition) is 1. The molecule has 0 radical (unpaired) electrons. The van der Waals surface area contributed by atoms with E-state index in [-0.39, 0.29) is 11.9 Å². The molecule has 126 valence electrons. The van der Waals surface area contributed by atoms with Crippen molar-refractivity contribution >= 4 is 16.9 Å². The lowest BCUT2D eigenvalue weighted by Gasteiger charge is -2.10. The maximum absolute atomic E-state index is 12.4. The molecule has 0 bridgehead atoms. The second kappa shape index (κ2) is 6.43. The van der Waals surface area contributed by atoms with E-state index in [2.05, 4.69) is 5.32 Å². The van der Waals surface area contributed by atoms with Crippen LogP contribution in [0.4, 0.5) is 0 Å². The highest BCUT2D eigenvalue weighted by Crippen LogP contribution is 2.31. The molecule has 1 N–H and O–H groups in total. The molecule has 2 aromatic heterocycles. The molecule has 24 heavy (non-hydrogen) atoms. The Labute approximate surface area is 140 Å². The highest BCUT2D eigenvalue weighted by Gasteiger charge is 2.19. The molecule has 3 rings (SSSR count). The second-order valence-corrected chi connectivity index (χ2v) is 5.78. The number of ether oxygens (including phenoxy) is 1. The van der Waals surface area contributed by atoms with E-state index in [0.29, 0.717) is 35.0 Å². The number of benzene rings is 1. The summed E-state index contributed by atoms with van der Waals surface area (Å²) in [6, 6.07) is 9.16. The number of furan rings is 2. The lowest BCUT2D eigenvalue weighted by molar-refractivity contribution is 0.0934. The topological polar surface area (TPSA) is 64.6 Å². The van der Waals surface area contributed by atoms with Crippen molar-refractivity contribution in [3.05, 3.63) is 53.2 Å². The van der Waals surface area contributed by atoms with Gasteiger partial charge in [-0.25, -0.2) is 0 Å². The van der Waals surface area contributed by atoms with Gasteiger partial charge in [0, 0.05) is 5.39 Å². The van der Waals surface area contributed by atoms with Crippen molar-refractivity contribution < 1.29 is 18.4 Å². The monoisotopic (exact) mass is 327 g/mol. The highest BCUT2D eigenvalue weighted by molar-refractivity contribution is 5.95. The fourth-order valence-electron chi connectivity index (χ4n) is 2.74. The Morgan fingerprint density at radius 1 is 1.25 bits per heavy atom. The van der Waals surface area contributed by atoms with Gasteiger partial charge in [0.1, 0.15) is 17.3 Å². The quantitative estimate of drug-likeness (QED) is 0.747. The van der Waals surface area contributed by atoms with Crippen LogP contribution in [0, 0.1) is 13.8 Å². The van der Waals surface area contributed by atoms with Crippen molar-refractivity contribution in [2.45, 2.75) is 33.7 Å². The zero-order chi connectivity index (χ0) is 17.3. The van der Waals surface area contributed by atoms with Crippen LogP contribution in [0.2, 0.25) is 0 Å². The standard InChI is InChI=1S/C19H21NO4/c1-5-22-16-8-6-7-14-10-17(24-18(14)16)12(3)20-19(21)15-9-11(2)23-13(15)4/h6-10,12H,5H2,1-4H3,(H,20,21). The maximum Gasteiger partial charge on any atom is 0.255 e. The fourth-order valence-corrected chi connectivity index (χ4v) is 2.74.